The summed E-state index contributed by atoms with van der Waals surface area (Å²) in [7, 11) is -3.60. The van der Waals surface area contributed by atoms with Gasteiger partial charge < -0.3 is 0 Å². The number of hydrogen-bond acceptors (Lipinski definition) is 3. The lowest BCUT2D eigenvalue weighted by molar-refractivity contribution is 0.475. The number of nitrogens with zero attached hydrogens (tertiary/aromatic N) is 3. The molecule has 0 N–H and O–H groups in total. The first-order valence-electron chi connectivity index (χ1n) is 8.11. The first-order valence-corrected chi connectivity index (χ1v) is 9.55. The van der Waals surface area contributed by atoms with Crippen LogP contribution in [0.4, 0.5) is 0 Å². The van der Waals surface area contributed by atoms with E-state index in [0.29, 0.717) is 4.90 Å². The highest BCUT2D eigenvalue weighted by molar-refractivity contribution is 7.89. The van der Waals surface area contributed by atoms with Gasteiger partial charge in [0.1, 0.15) is 5.82 Å². The van der Waals surface area contributed by atoms with Crippen LogP contribution in [0.5, 0.6) is 0 Å². The van der Waals surface area contributed by atoms with E-state index in [-0.39, 0.29) is 6.54 Å². The fourth-order valence-corrected chi connectivity index (χ4v) is 4.52. The largest absolute Gasteiger partial charge is 0.297 e. The van der Waals surface area contributed by atoms with Crippen molar-refractivity contribution >= 4 is 26.8 Å². The van der Waals surface area contributed by atoms with Gasteiger partial charge in [0, 0.05) is 11.9 Å². The first-order chi connectivity index (χ1) is 11.9. The van der Waals surface area contributed by atoms with Crippen LogP contribution in [0, 0.1) is 13.8 Å². The molecule has 6 heteroatoms. The molecule has 0 saturated heterocycles. The average Bonchev–Trinajstić information content (AvgIpc) is 2.93. The summed E-state index contributed by atoms with van der Waals surface area (Å²) in [5, 5.41) is 0. The van der Waals surface area contributed by atoms with Crippen LogP contribution in [-0.2, 0) is 16.6 Å². The number of fused-ring (bicyclic) bond motifs is 3. The lowest BCUT2D eigenvalue weighted by Crippen LogP contribution is -2.30. The Bertz CT molecular complexity index is 1110. The van der Waals surface area contributed by atoms with E-state index >= 15 is 0 Å². The normalized spacial score (nSPS) is 14.5. The lowest BCUT2D eigenvalue weighted by atomic mass is 10.2. The summed E-state index contributed by atoms with van der Waals surface area (Å²) < 4.78 is 29.3. The van der Waals surface area contributed by atoms with Gasteiger partial charge in [-0.15, -0.1) is 0 Å². The second kappa shape index (κ2) is 5.46. The predicted octanol–water partition coefficient (Wildman–Crippen LogP) is 3.68. The first kappa shape index (κ1) is 15.9. The van der Waals surface area contributed by atoms with E-state index in [0.717, 1.165) is 33.7 Å². The zero-order chi connectivity index (χ0) is 17.8. The summed E-state index contributed by atoms with van der Waals surface area (Å²) in [5.41, 5.74) is 4.89. The molecule has 4 rings (SSSR count). The molecule has 1 aliphatic heterocycles. The minimum absolute atomic E-state index is 0.223. The molecule has 0 fully saturated rings. The topological polar surface area (TPSA) is 55.2 Å². The van der Waals surface area contributed by atoms with Crippen LogP contribution >= 0.6 is 0 Å². The van der Waals surface area contributed by atoms with Crippen molar-refractivity contribution in [3.05, 3.63) is 65.6 Å². The quantitative estimate of drug-likeness (QED) is 0.706. The minimum Gasteiger partial charge on any atom is -0.297 e. The van der Waals surface area contributed by atoms with Crippen LogP contribution in [-0.4, -0.2) is 22.3 Å². The third kappa shape index (κ3) is 2.53. The molecule has 25 heavy (non-hydrogen) atoms. The van der Waals surface area contributed by atoms with Gasteiger partial charge in [0.25, 0.3) is 10.0 Å². The number of imidazole rings is 1. The molecule has 0 saturated carbocycles. The van der Waals surface area contributed by atoms with E-state index in [2.05, 4.69) is 4.98 Å². The van der Waals surface area contributed by atoms with Crippen LogP contribution in [0.3, 0.4) is 0 Å². The van der Waals surface area contributed by atoms with E-state index in [1.165, 1.54) is 4.31 Å². The van der Waals surface area contributed by atoms with E-state index in [4.69, 9.17) is 0 Å². The molecular formula is C19H19N3O2S. The molecule has 0 unspecified atom stereocenters. The highest BCUT2D eigenvalue weighted by Gasteiger charge is 2.28. The summed E-state index contributed by atoms with van der Waals surface area (Å²) in [5.74, 6) is 0.733. The highest BCUT2D eigenvalue weighted by Crippen LogP contribution is 2.29. The fourth-order valence-electron chi connectivity index (χ4n) is 3.19. The van der Waals surface area contributed by atoms with Crippen molar-refractivity contribution < 1.29 is 8.42 Å². The molecule has 2 aromatic carbocycles. The Hall–Kier alpha value is -2.60. The number of rotatable bonds is 2. The molecule has 0 atom stereocenters. The molecule has 0 aliphatic carbocycles. The van der Waals surface area contributed by atoms with Crippen LogP contribution in [0.15, 0.2) is 53.6 Å². The van der Waals surface area contributed by atoms with Crippen molar-refractivity contribution in [2.75, 3.05) is 0 Å². The Morgan fingerprint density at radius 2 is 1.64 bits per heavy atom. The van der Waals surface area contributed by atoms with Crippen LogP contribution in [0.2, 0.25) is 0 Å². The Morgan fingerprint density at radius 1 is 0.960 bits per heavy atom. The molecule has 3 aromatic rings. The van der Waals surface area contributed by atoms with Gasteiger partial charge in [-0.05, 0) is 50.6 Å². The molecule has 2 heterocycles. The maximum absolute atomic E-state index is 13.0. The van der Waals surface area contributed by atoms with Crippen molar-refractivity contribution in [2.24, 2.45) is 0 Å². The van der Waals surface area contributed by atoms with Gasteiger partial charge in [-0.3, -0.25) is 8.87 Å². The monoisotopic (exact) mass is 353 g/mol. The smallest absolute Gasteiger partial charge is 0.264 e. The van der Waals surface area contributed by atoms with E-state index in [9.17, 15) is 8.42 Å². The van der Waals surface area contributed by atoms with Crippen LogP contribution < -0.4 is 0 Å². The summed E-state index contributed by atoms with van der Waals surface area (Å²) >= 11 is 0. The van der Waals surface area contributed by atoms with E-state index in [1.54, 1.807) is 18.3 Å². The van der Waals surface area contributed by atoms with E-state index in [1.807, 2.05) is 55.7 Å². The van der Waals surface area contributed by atoms with Gasteiger partial charge in [0.05, 0.1) is 22.5 Å². The van der Waals surface area contributed by atoms with Crippen molar-refractivity contribution in [1.82, 2.24) is 13.9 Å². The molecule has 128 valence electrons. The van der Waals surface area contributed by atoms with Crippen LogP contribution in [0.1, 0.15) is 23.9 Å². The molecule has 0 bridgehead atoms. The van der Waals surface area contributed by atoms with Crippen molar-refractivity contribution in [1.29, 1.82) is 0 Å². The second-order valence-corrected chi connectivity index (χ2v) is 8.38. The lowest BCUT2D eigenvalue weighted by Gasteiger charge is -2.26. The van der Waals surface area contributed by atoms with Gasteiger partial charge >= 0.3 is 0 Å². The van der Waals surface area contributed by atoms with Crippen molar-refractivity contribution in [3.8, 4) is 0 Å². The van der Waals surface area contributed by atoms with E-state index < -0.39 is 10.0 Å². The fraction of sp³-hybridized carbons (Fsp3) is 0.211. The predicted molar refractivity (Wildman–Crippen MR) is 98.3 cm³/mol. The third-order valence-corrected chi connectivity index (χ3v) is 6.21. The summed E-state index contributed by atoms with van der Waals surface area (Å²) in [6.45, 7) is 6.09. The number of benzene rings is 2. The maximum Gasteiger partial charge on any atom is 0.264 e. The van der Waals surface area contributed by atoms with Gasteiger partial charge in [0.15, 0.2) is 0 Å². The zero-order valence-corrected chi connectivity index (χ0v) is 15.2. The Morgan fingerprint density at radius 3 is 2.36 bits per heavy atom. The number of sulfonamides is 1. The number of hydrogen-bond donors (Lipinski definition) is 0. The molecule has 5 nitrogen and oxygen atoms in total. The number of allylic oxidation sites excluding steroid dienone is 1. The maximum atomic E-state index is 13.0. The highest BCUT2D eigenvalue weighted by atomic mass is 32.2. The van der Waals surface area contributed by atoms with Gasteiger partial charge in [-0.2, -0.15) is 0 Å². The van der Waals surface area contributed by atoms with Gasteiger partial charge in [-0.25, -0.2) is 13.4 Å². The van der Waals surface area contributed by atoms with Gasteiger partial charge in [-0.1, -0.05) is 23.8 Å². The SMILES string of the molecule is CC1=CN(S(=O)(=O)c2ccc(C)cc2)Cc2nc3cc(C)ccc3n21. The van der Waals surface area contributed by atoms with Crippen molar-refractivity contribution in [3.63, 3.8) is 0 Å². The van der Waals surface area contributed by atoms with Crippen LogP contribution in [0.25, 0.3) is 16.7 Å². The second-order valence-electron chi connectivity index (χ2n) is 6.49. The number of aryl methyl sites for hydroxylation is 2. The Labute approximate surface area is 147 Å². The number of aromatic nitrogens is 2. The summed E-state index contributed by atoms with van der Waals surface area (Å²) in [6.07, 6.45) is 1.68. The zero-order valence-electron chi connectivity index (χ0n) is 14.4. The Balaban J connectivity index is 1.80. The third-order valence-electron chi connectivity index (χ3n) is 4.49. The summed E-state index contributed by atoms with van der Waals surface area (Å²) in [6, 6.07) is 13.0. The molecule has 1 aromatic heterocycles. The molecule has 0 amide bonds. The minimum atomic E-state index is -3.60. The molecule has 0 radical (unpaired) electrons. The molecule has 0 spiro atoms. The van der Waals surface area contributed by atoms with Gasteiger partial charge in [0.2, 0.25) is 0 Å². The Kier molecular flexibility index (Phi) is 3.47. The molecular weight excluding hydrogens is 334 g/mol. The summed E-state index contributed by atoms with van der Waals surface area (Å²) in [4.78, 5) is 4.95. The van der Waals surface area contributed by atoms with Crippen molar-refractivity contribution in [2.45, 2.75) is 32.2 Å². The standard InChI is InChI=1S/C19H19N3O2S/c1-13-4-7-16(8-5-13)25(23,24)21-11-15(3)22-18-9-6-14(2)10-17(18)20-19(22)12-21/h4-11H,12H2,1-3H3. The average molecular weight is 353 g/mol. The molecule has 1 aliphatic rings.